The van der Waals surface area contributed by atoms with E-state index in [2.05, 4.69) is 41.8 Å². The van der Waals surface area contributed by atoms with E-state index in [0.717, 1.165) is 39.3 Å². The number of hydrogen-bond donors (Lipinski definition) is 6. The summed E-state index contributed by atoms with van der Waals surface area (Å²) in [6.45, 7) is 4.11. The number of aliphatic carboxylic acids is 2. The number of nitrogens with one attached hydrogen (secondary N) is 2. The number of likely N-dealkylation sites (N-methyl/N-ethyl adjacent to an activating group) is 1. The van der Waals surface area contributed by atoms with Gasteiger partial charge in [-0.3, -0.25) is 14.9 Å². The second-order valence-corrected chi connectivity index (χ2v) is 12.1. The lowest BCUT2D eigenvalue weighted by Gasteiger charge is -2.27. The van der Waals surface area contributed by atoms with Gasteiger partial charge in [0.25, 0.3) is 5.91 Å². The number of amides is 4. The molecule has 1 aliphatic rings. The summed E-state index contributed by atoms with van der Waals surface area (Å²) in [5, 5.41) is 37.6. The standard InChI is InChI=1S/C19H21N3O.C15H12N2O2.C4H6O6/c1-13-5-8-15(9-6-13)19-16(11-18(23)21(3)4)22-12-14(2)7-10-17(22)20-19;18-13-15(17-14(19)16-13,11-7-3-1-4-8-11)12-9-5-2-6-10-12;5-1(3(7)8)2(6)4(9)10/h5-10,12H,11H2,1-4H3;1-10H,(H2,16,17,18,19);1-2,5-6H,(H,7,8)(H,9,10). The Morgan fingerprint density at radius 2 is 1.27 bits per heavy atom. The maximum Gasteiger partial charge on any atom is 0.335 e. The van der Waals surface area contributed by atoms with Crippen LogP contribution < -0.4 is 10.6 Å². The number of hydrogen-bond acceptors (Lipinski definition) is 8. The van der Waals surface area contributed by atoms with Crippen LogP contribution in [0.15, 0.2) is 103 Å². The molecule has 0 saturated carbocycles. The van der Waals surface area contributed by atoms with Crippen LogP contribution in [-0.2, 0) is 31.1 Å². The van der Waals surface area contributed by atoms with E-state index < -0.39 is 35.7 Å². The van der Waals surface area contributed by atoms with Crippen LogP contribution in [0.2, 0.25) is 0 Å². The molecule has 4 amide bonds. The molecule has 14 nitrogen and oxygen atoms in total. The highest BCUT2D eigenvalue weighted by Crippen LogP contribution is 2.32. The summed E-state index contributed by atoms with van der Waals surface area (Å²) in [6.07, 6.45) is -2.16. The van der Waals surface area contributed by atoms with E-state index in [-0.39, 0.29) is 11.8 Å². The molecule has 52 heavy (non-hydrogen) atoms. The quantitative estimate of drug-likeness (QED) is 0.130. The first-order chi connectivity index (χ1) is 24.6. The van der Waals surface area contributed by atoms with Gasteiger partial charge in [-0.2, -0.15) is 0 Å². The highest BCUT2D eigenvalue weighted by Gasteiger charge is 2.49. The zero-order valence-corrected chi connectivity index (χ0v) is 28.8. The first kappa shape index (κ1) is 38.4. The number of fused-ring (bicyclic) bond motifs is 1. The molecule has 2 unspecified atom stereocenters. The van der Waals surface area contributed by atoms with Crippen LogP contribution in [0, 0.1) is 13.8 Å². The Hall–Kier alpha value is -6.38. The number of imide groups is 1. The molecule has 1 aliphatic heterocycles. The Bertz CT molecular complexity index is 2010. The third-order valence-corrected chi connectivity index (χ3v) is 8.10. The van der Waals surface area contributed by atoms with Gasteiger partial charge in [-0.25, -0.2) is 19.4 Å². The van der Waals surface area contributed by atoms with E-state index in [1.807, 2.05) is 90.3 Å². The molecule has 3 heterocycles. The van der Waals surface area contributed by atoms with Crippen molar-refractivity contribution in [3.8, 4) is 11.3 Å². The number of rotatable bonds is 8. The van der Waals surface area contributed by atoms with E-state index in [9.17, 15) is 24.0 Å². The van der Waals surface area contributed by atoms with Gasteiger partial charge < -0.3 is 35.0 Å². The zero-order chi connectivity index (χ0) is 38.2. The highest BCUT2D eigenvalue weighted by atomic mass is 16.4. The molecular formula is C38H39N5O9. The van der Waals surface area contributed by atoms with Crippen LogP contribution in [0.3, 0.4) is 0 Å². The molecule has 5 aromatic rings. The number of pyridine rings is 1. The van der Waals surface area contributed by atoms with Gasteiger partial charge in [0.15, 0.2) is 17.7 Å². The van der Waals surface area contributed by atoms with E-state index >= 15 is 0 Å². The van der Waals surface area contributed by atoms with Crippen molar-refractivity contribution in [2.75, 3.05) is 14.1 Å². The lowest BCUT2D eigenvalue weighted by atomic mass is 9.83. The minimum Gasteiger partial charge on any atom is -0.479 e. The summed E-state index contributed by atoms with van der Waals surface area (Å²) < 4.78 is 2.03. The van der Waals surface area contributed by atoms with Gasteiger partial charge in [0, 0.05) is 25.9 Å². The SMILES string of the molecule is Cc1ccc(-c2nc3ccc(C)cn3c2CC(=O)N(C)C)cc1.O=C(O)C(O)C(O)C(=O)O.O=C1NC(=O)C(c2ccccc2)(c2ccccc2)N1. The average molecular weight is 710 g/mol. The van der Waals surface area contributed by atoms with Gasteiger partial charge >= 0.3 is 18.0 Å². The number of carbonyl (C=O) groups is 5. The lowest BCUT2D eigenvalue weighted by molar-refractivity contribution is -0.165. The van der Waals surface area contributed by atoms with Gasteiger partial charge in [0.2, 0.25) is 5.91 Å². The van der Waals surface area contributed by atoms with E-state index in [0.29, 0.717) is 6.42 Å². The van der Waals surface area contributed by atoms with Gasteiger partial charge in [0.1, 0.15) is 5.65 Å². The summed E-state index contributed by atoms with van der Waals surface area (Å²) >= 11 is 0. The van der Waals surface area contributed by atoms with E-state index in [1.165, 1.54) is 5.56 Å². The number of urea groups is 1. The molecule has 0 spiro atoms. The maximum absolute atomic E-state index is 12.3. The van der Waals surface area contributed by atoms with Crippen molar-refractivity contribution in [3.05, 3.63) is 131 Å². The van der Waals surface area contributed by atoms with E-state index in [1.54, 1.807) is 19.0 Å². The monoisotopic (exact) mass is 709 g/mol. The third-order valence-electron chi connectivity index (χ3n) is 8.10. The predicted octanol–water partition coefficient (Wildman–Crippen LogP) is 2.90. The van der Waals surface area contributed by atoms with Crippen LogP contribution in [0.5, 0.6) is 0 Å². The number of carbonyl (C=O) groups excluding carboxylic acids is 3. The molecule has 0 bridgehead atoms. The summed E-state index contributed by atoms with van der Waals surface area (Å²) in [5.41, 5.74) is 6.42. The maximum atomic E-state index is 12.3. The number of nitrogens with zero attached hydrogens (tertiary/aromatic N) is 3. The van der Waals surface area contributed by atoms with Crippen molar-refractivity contribution in [1.82, 2.24) is 24.9 Å². The molecule has 6 N–H and O–H groups in total. The van der Waals surface area contributed by atoms with Crippen molar-refractivity contribution in [1.29, 1.82) is 0 Å². The zero-order valence-electron chi connectivity index (χ0n) is 28.8. The summed E-state index contributed by atoms with van der Waals surface area (Å²) in [4.78, 5) is 62.1. The number of aliphatic hydroxyl groups is 2. The third kappa shape index (κ3) is 8.67. The number of benzene rings is 3. The van der Waals surface area contributed by atoms with E-state index in [4.69, 9.17) is 25.4 Å². The van der Waals surface area contributed by atoms with Crippen LogP contribution in [0.1, 0.15) is 27.9 Å². The van der Waals surface area contributed by atoms with Gasteiger partial charge in [-0.05, 0) is 36.6 Å². The van der Waals surface area contributed by atoms with Crippen molar-refractivity contribution in [2.45, 2.75) is 38.0 Å². The van der Waals surface area contributed by atoms with Crippen molar-refractivity contribution in [2.24, 2.45) is 0 Å². The number of aromatic nitrogens is 2. The minimum absolute atomic E-state index is 0.0710. The normalized spacial score (nSPS) is 14.0. The van der Waals surface area contributed by atoms with Crippen molar-refractivity contribution >= 4 is 35.4 Å². The Balaban J connectivity index is 0.000000188. The molecule has 270 valence electrons. The molecular weight excluding hydrogens is 670 g/mol. The van der Waals surface area contributed by atoms with Crippen LogP contribution in [-0.4, -0.2) is 90.8 Å². The smallest absolute Gasteiger partial charge is 0.335 e. The first-order valence-corrected chi connectivity index (χ1v) is 16.0. The predicted molar refractivity (Wildman–Crippen MR) is 190 cm³/mol. The second-order valence-electron chi connectivity index (χ2n) is 12.1. The molecule has 2 atom stereocenters. The number of carboxylic acids is 2. The average Bonchev–Trinajstić information content (AvgIpc) is 3.64. The number of aliphatic hydroxyl groups excluding tert-OH is 2. The molecule has 0 radical (unpaired) electrons. The Morgan fingerprint density at radius 1 is 0.769 bits per heavy atom. The summed E-state index contributed by atoms with van der Waals surface area (Å²) in [7, 11) is 3.56. The summed E-state index contributed by atoms with van der Waals surface area (Å²) in [6, 6.07) is 30.3. The molecule has 0 aliphatic carbocycles. The fraction of sp³-hybridized carbons (Fsp3) is 0.211. The van der Waals surface area contributed by atoms with Crippen LogP contribution >= 0.6 is 0 Å². The van der Waals surface area contributed by atoms with Gasteiger partial charge in [0.05, 0.1) is 17.8 Å². The molecule has 6 rings (SSSR count). The summed E-state index contributed by atoms with van der Waals surface area (Å²) in [5.74, 6) is -3.82. The first-order valence-electron chi connectivity index (χ1n) is 16.0. The molecule has 1 fully saturated rings. The number of carboxylic acid groups (broad SMARTS) is 2. The van der Waals surface area contributed by atoms with Crippen molar-refractivity contribution < 1.29 is 44.4 Å². The molecule has 3 aromatic carbocycles. The van der Waals surface area contributed by atoms with Crippen molar-refractivity contribution in [3.63, 3.8) is 0 Å². The van der Waals surface area contributed by atoms with Crippen LogP contribution in [0.25, 0.3) is 16.9 Å². The Morgan fingerprint density at radius 3 is 1.71 bits per heavy atom. The van der Waals surface area contributed by atoms with Gasteiger partial charge in [-0.15, -0.1) is 0 Å². The Labute approximate surface area is 299 Å². The van der Waals surface area contributed by atoms with Crippen LogP contribution in [0.4, 0.5) is 4.79 Å². The highest BCUT2D eigenvalue weighted by molar-refractivity contribution is 6.09. The fourth-order valence-electron chi connectivity index (χ4n) is 5.29. The lowest BCUT2D eigenvalue weighted by Crippen LogP contribution is -2.44. The number of imidazole rings is 1. The molecule has 2 aromatic heterocycles. The molecule has 1 saturated heterocycles. The Kier molecular flexibility index (Phi) is 12.2. The largest absolute Gasteiger partial charge is 0.479 e. The van der Waals surface area contributed by atoms with Gasteiger partial charge in [-0.1, -0.05) is 96.6 Å². The topological polar surface area (TPSA) is 211 Å². The molecule has 14 heteroatoms. The minimum atomic E-state index is -2.27. The fourth-order valence-corrected chi connectivity index (χ4v) is 5.29. The number of aryl methyl sites for hydroxylation is 2. The second kappa shape index (κ2) is 16.6.